The summed E-state index contributed by atoms with van der Waals surface area (Å²) in [5.74, 6) is 3.78. The van der Waals surface area contributed by atoms with E-state index >= 15 is 0 Å². The minimum absolute atomic E-state index is 0.628. The zero-order valence-corrected chi connectivity index (χ0v) is 17.9. The van der Waals surface area contributed by atoms with Gasteiger partial charge in [0.2, 0.25) is 0 Å². The van der Waals surface area contributed by atoms with E-state index in [2.05, 4.69) is 54.7 Å². The highest BCUT2D eigenvalue weighted by molar-refractivity contribution is 4.98. The van der Waals surface area contributed by atoms with E-state index in [0.29, 0.717) is 5.41 Å². The molecule has 4 unspecified atom stereocenters. The molecular formula is C23H48. The van der Waals surface area contributed by atoms with E-state index in [1.807, 2.05) is 13.8 Å². The summed E-state index contributed by atoms with van der Waals surface area (Å²) >= 11 is 0. The first-order valence-electron chi connectivity index (χ1n) is 10.6. The van der Waals surface area contributed by atoms with Crippen molar-refractivity contribution < 1.29 is 0 Å². The maximum Gasteiger partial charge on any atom is -0.0213 e. The molecule has 0 spiro atoms. The maximum atomic E-state index is 3.00. The summed E-state index contributed by atoms with van der Waals surface area (Å²) in [5.41, 5.74) is 0.628. The van der Waals surface area contributed by atoms with Crippen LogP contribution in [0.2, 0.25) is 0 Å². The van der Waals surface area contributed by atoms with Gasteiger partial charge in [0.25, 0.3) is 0 Å². The maximum absolute atomic E-state index is 3.00. The Morgan fingerprint density at radius 1 is 0.957 bits per heavy atom. The first-order chi connectivity index (χ1) is 11.1. The molecule has 0 nitrogen and oxygen atoms in total. The zero-order valence-electron chi connectivity index (χ0n) is 17.9. The van der Waals surface area contributed by atoms with Gasteiger partial charge in [0.05, 0.1) is 0 Å². The van der Waals surface area contributed by atoms with E-state index in [1.165, 1.54) is 51.4 Å². The molecule has 23 heavy (non-hydrogen) atoms. The second-order valence-corrected chi connectivity index (χ2v) is 7.20. The van der Waals surface area contributed by atoms with Gasteiger partial charge >= 0.3 is 0 Å². The summed E-state index contributed by atoms with van der Waals surface area (Å²) in [6.07, 6.45) is 11.4. The Balaban J connectivity index is 0. The van der Waals surface area contributed by atoms with Crippen molar-refractivity contribution in [3.05, 3.63) is 13.2 Å². The van der Waals surface area contributed by atoms with Gasteiger partial charge < -0.3 is 0 Å². The SMILES string of the molecule is C=C.CC.CCCC(C(C)CC)(C(CC)CC)C1CCCC1C. The molecule has 0 aromatic carbocycles. The highest BCUT2D eigenvalue weighted by Crippen LogP contribution is 2.57. The monoisotopic (exact) mass is 324 g/mol. The van der Waals surface area contributed by atoms with Crippen molar-refractivity contribution in [1.29, 1.82) is 0 Å². The molecule has 0 amide bonds. The number of rotatable bonds is 8. The summed E-state index contributed by atoms with van der Waals surface area (Å²) in [7, 11) is 0. The van der Waals surface area contributed by atoms with Crippen LogP contribution in [-0.2, 0) is 0 Å². The zero-order chi connectivity index (χ0) is 18.5. The largest absolute Gasteiger partial charge is 0.106 e. The van der Waals surface area contributed by atoms with Crippen molar-refractivity contribution >= 4 is 0 Å². The predicted octanol–water partition coefficient (Wildman–Crippen LogP) is 8.52. The summed E-state index contributed by atoms with van der Waals surface area (Å²) in [4.78, 5) is 0. The van der Waals surface area contributed by atoms with E-state index in [1.54, 1.807) is 0 Å². The quantitative estimate of drug-likeness (QED) is 0.392. The van der Waals surface area contributed by atoms with Crippen molar-refractivity contribution in [3.8, 4) is 0 Å². The molecular weight excluding hydrogens is 276 g/mol. The van der Waals surface area contributed by atoms with Crippen molar-refractivity contribution in [2.75, 3.05) is 0 Å². The average Bonchev–Trinajstić information content (AvgIpc) is 3.04. The normalized spacial score (nSPS) is 24.0. The lowest BCUT2D eigenvalue weighted by Crippen LogP contribution is -2.44. The Kier molecular flexibility index (Phi) is 15.3. The minimum Gasteiger partial charge on any atom is -0.106 e. The lowest BCUT2D eigenvalue weighted by Gasteiger charge is -2.51. The summed E-state index contributed by atoms with van der Waals surface area (Å²) in [6, 6.07) is 0. The molecule has 0 radical (unpaired) electrons. The van der Waals surface area contributed by atoms with E-state index in [4.69, 9.17) is 0 Å². The van der Waals surface area contributed by atoms with Crippen LogP contribution in [-0.4, -0.2) is 0 Å². The van der Waals surface area contributed by atoms with Gasteiger partial charge in [0.1, 0.15) is 0 Å². The van der Waals surface area contributed by atoms with Gasteiger partial charge in [-0.15, -0.1) is 13.2 Å². The molecule has 1 saturated carbocycles. The third-order valence-corrected chi connectivity index (χ3v) is 6.51. The fourth-order valence-electron chi connectivity index (χ4n) is 5.51. The molecule has 4 atom stereocenters. The third-order valence-electron chi connectivity index (χ3n) is 6.51. The molecule has 0 aromatic rings. The molecule has 0 heteroatoms. The topological polar surface area (TPSA) is 0 Å². The first kappa shape index (κ1) is 25.0. The molecule has 0 aliphatic heterocycles. The van der Waals surface area contributed by atoms with Crippen LogP contribution in [0.15, 0.2) is 13.2 Å². The second-order valence-electron chi connectivity index (χ2n) is 7.20. The molecule has 1 fully saturated rings. The summed E-state index contributed by atoms with van der Waals surface area (Å²) in [5, 5.41) is 0. The van der Waals surface area contributed by atoms with E-state index < -0.39 is 0 Å². The second kappa shape index (κ2) is 14.1. The van der Waals surface area contributed by atoms with Crippen LogP contribution in [0.25, 0.3) is 0 Å². The molecule has 1 aliphatic rings. The highest BCUT2D eigenvalue weighted by Gasteiger charge is 2.49. The van der Waals surface area contributed by atoms with Crippen molar-refractivity contribution in [1.82, 2.24) is 0 Å². The van der Waals surface area contributed by atoms with Crippen molar-refractivity contribution in [2.24, 2.45) is 29.1 Å². The smallest absolute Gasteiger partial charge is 0.0213 e. The van der Waals surface area contributed by atoms with Gasteiger partial charge in [0, 0.05) is 0 Å². The van der Waals surface area contributed by atoms with Crippen LogP contribution < -0.4 is 0 Å². The molecule has 0 heterocycles. The van der Waals surface area contributed by atoms with E-state index in [-0.39, 0.29) is 0 Å². The average molecular weight is 325 g/mol. The third kappa shape index (κ3) is 5.95. The van der Waals surface area contributed by atoms with Gasteiger partial charge in [-0.25, -0.2) is 0 Å². The summed E-state index contributed by atoms with van der Waals surface area (Å²) in [6.45, 7) is 24.8. The molecule has 1 rings (SSSR count). The standard InChI is InChI=1S/C19H38.C2H6.C2H4/c1-7-14-19(16(6)8-2,17(9-3)10-4)18-13-11-12-15(18)5;2*1-2/h15-18H,7-14H2,1-6H3;1-2H3;1-2H2. The van der Waals surface area contributed by atoms with Gasteiger partial charge in [-0.3, -0.25) is 0 Å². The Bertz CT molecular complexity index is 253. The number of hydrogen-bond donors (Lipinski definition) is 0. The molecule has 0 aromatic heterocycles. The van der Waals surface area contributed by atoms with Crippen LogP contribution in [0.5, 0.6) is 0 Å². The Morgan fingerprint density at radius 2 is 1.48 bits per heavy atom. The van der Waals surface area contributed by atoms with Crippen LogP contribution in [0.3, 0.4) is 0 Å². The molecule has 0 saturated heterocycles. The highest BCUT2D eigenvalue weighted by atomic mass is 14.5. The lowest BCUT2D eigenvalue weighted by atomic mass is 9.54. The van der Waals surface area contributed by atoms with E-state index in [9.17, 15) is 0 Å². The van der Waals surface area contributed by atoms with Gasteiger partial charge in [-0.05, 0) is 41.9 Å². The Morgan fingerprint density at radius 3 is 1.78 bits per heavy atom. The van der Waals surface area contributed by atoms with Crippen LogP contribution in [0.1, 0.15) is 107 Å². The number of hydrogen-bond acceptors (Lipinski definition) is 0. The lowest BCUT2D eigenvalue weighted by molar-refractivity contribution is -0.0247. The van der Waals surface area contributed by atoms with Crippen LogP contribution >= 0.6 is 0 Å². The molecule has 1 aliphatic carbocycles. The molecule has 0 bridgehead atoms. The van der Waals surface area contributed by atoms with Gasteiger partial charge in [0.15, 0.2) is 0 Å². The Labute approximate surface area is 149 Å². The fourth-order valence-corrected chi connectivity index (χ4v) is 5.51. The first-order valence-corrected chi connectivity index (χ1v) is 10.6. The predicted molar refractivity (Wildman–Crippen MR) is 110 cm³/mol. The summed E-state index contributed by atoms with van der Waals surface area (Å²) < 4.78 is 0. The fraction of sp³-hybridized carbons (Fsp3) is 0.913. The van der Waals surface area contributed by atoms with Crippen molar-refractivity contribution in [3.63, 3.8) is 0 Å². The van der Waals surface area contributed by atoms with Gasteiger partial charge in [-0.2, -0.15) is 0 Å². The van der Waals surface area contributed by atoms with Crippen LogP contribution in [0, 0.1) is 29.1 Å². The minimum atomic E-state index is 0.628. The van der Waals surface area contributed by atoms with Gasteiger partial charge in [-0.1, -0.05) is 93.9 Å². The molecule has 140 valence electrons. The van der Waals surface area contributed by atoms with E-state index in [0.717, 1.165) is 23.7 Å². The molecule has 0 N–H and O–H groups in total. The van der Waals surface area contributed by atoms with Crippen LogP contribution in [0.4, 0.5) is 0 Å². The van der Waals surface area contributed by atoms with Crippen molar-refractivity contribution in [2.45, 2.75) is 107 Å². The Hall–Kier alpha value is -0.260.